The van der Waals surface area contributed by atoms with Crippen molar-refractivity contribution in [2.45, 2.75) is 33.3 Å². The molecule has 3 heteroatoms. The highest BCUT2D eigenvalue weighted by Gasteiger charge is 2.23. The first-order valence-corrected chi connectivity index (χ1v) is 4.38. The van der Waals surface area contributed by atoms with E-state index in [2.05, 4.69) is 5.32 Å². The summed E-state index contributed by atoms with van der Waals surface area (Å²) in [7, 11) is 1.60. The minimum atomic E-state index is -0.563. The first-order chi connectivity index (χ1) is 5.49. The van der Waals surface area contributed by atoms with Crippen LogP contribution in [0.2, 0.25) is 0 Å². The van der Waals surface area contributed by atoms with Gasteiger partial charge in [0.05, 0.1) is 12.0 Å². The molecule has 3 nitrogen and oxygen atoms in total. The summed E-state index contributed by atoms with van der Waals surface area (Å²) >= 11 is 0. The molecule has 0 aromatic rings. The summed E-state index contributed by atoms with van der Waals surface area (Å²) in [4.78, 5) is 11.2. The van der Waals surface area contributed by atoms with E-state index in [-0.39, 0.29) is 11.8 Å². The van der Waals surface area contributed by atoms with Gasteiger partial charge in [0.2, 0.25) is 5.91 Å². The van der Waals surface area contributed by atoms with E-state index in [1.165, 1.54) is 0 Å². The van der Waals surface area contributed by atoms with Crippen LogP contribution in [0.1, 0.15) is 27.2 Å². The Labute approximate surface area is 74.2 Å². The van der Waals surface area contributed by atoms with Crippen molar-refractivity contribution in [2.24, 2.45) is 11.8 Å². The van der Waals surface area contributed by atoms with Crippen molar-refractivity contribution in [3.05, 3.63) is 0 Å². The molecule has 2 unspecified atom stereocenters. The highest BCUT2D eigenvalue weighted by molar-refractivity contribution is 5.78. The fraction of sp³-hybridized carbons (Fsp3) is 0.889. The van der Waals surface area contributed by atoms with E-state index in [9.17, 15) is 9.90 Å². The lowest BCUT2D eigenvalue weighted by Gasteiger charge is -2.19. The van der Waals surface area contributed by atoms with Gasteiger partial charge in [0.15, 0.2) is 0 Å². The van der Waals surface area contributed by atoms with E-state index in [1.807, 2.05) is 13.8 Å². The van der Waals surface area contributed by atoms with Gasteiger partial charge in [-0.1, -0.05) is 13.8 Å². The van der Waals surface area contributed by atoms with Crippen molar-refractivity contribution in [1.82, 2.24) is 5.32 Å². The van der Waals surface area contributed by atoms with E-state index < -0.39 is 6.10 Å². The summed E-state index contributed by atoms with van der Waals surface area (Å²) < 4.78 is 0. The molecule has 0 aliphatic rings. The molecule has 2 N–H and O–H groups in total. The Morgan fingerprint density at radius 3 is 2.17 bits per heavy atom. The molecular formula is C9H19NO2. The van der Waals surface area contributed by atoms with Crippen LogP contribution in [-0.4, -0.2) is 24.2 Å². The van der Waals surface area contributed by atoms with Gasteiger partial charge in [-0.25, -0.2) is 0 Å². The molecule has 0 rings (SSSR count). The first-order valence-electron chi connectivity index (χ1n) is 4.38. The molecule has 0 saturated carbocycles. The predicted octanol–water partition coefficient (Wildman–Crippen LogP) is 0.775. The molecular weight excluding hydrogens is 154 g/mol. The van der Waals surface area contributed by atoms with Crippen LogP contribution in [0.3, 0.4) is 0 Å². The van der Waals surface area contributed by atoms with E-state index >= 15 is 0 Å². The second-order valence-corrected chi connectivity index (χ2v) is 3.59. The minimum Gasteiger partial charge on any atom is -0.393 e. The van der Waals surface area contributed by atoms with E-state index in [1.54, 1.807) is 14.0 Å². The average molecular weight is 173 g/mol. The van der Waals surface area contributed by atoms with Crippen molar-refractivity contribution in [3.63, 3.8) is 0 Å². The molecule has 0 spiro atoms. The molecule has 1 amide bonds. The quantitative estimate of drug-likeness (QED) is 0.660. The van der Waals surface area contributed by atoms with Crippen LogP contribution in [-0.2, 0) is 4.79 Å². The number of aliphatic hydroxyl groups excluding tert-OH is 1. The smallest absolute Gasteiger partial charge is 0.225 e. The summed E-state index contributed by atoms with van der Waals surface area (Å²) in [5, 5.41) is 11.9. The monoisotopic (exact) mass is 173 g/mol. The van der Waals surface area contributed by atoms with E-state index in [0.29, 0.717) is 5.92 Å². The van der Waals surface area contributed by atoms with Crippen molar-refractivity contribution in [1.29, 1.82) is 0 Å². The van der Waals surface area contributed by atoms with Gasteiger partial charge in [0, 0.05) is 7.05 Å². The fourth-order valence-electron chi connectivity index (χ4n) is 1.22. The van der Waals surface area contributed by atoms with Crippen molar-refractivity contribution in [2.75, 3.05) is 7.05 Å². The van der Waals surface area contributed by atoms with Gasteiger partial charge < -0.3 is 10.4 Å². The highest BCUT2D eigenvalue weighted by Crippen LogP contribution is 2.15. The summed E-state index contributed by atoms with van der Waals surface area (Å²) in [6.45, 7) is 5.74. The van der Waals surface area contributed by atoms with Crippen molar-refractivity contribution in [3.8, 4) is 0 Å². The summed E-state index contributed by atoms with van der Waals surface area (Å²) in [5.41, 5.74) is 0. The summed E-state index contributed by atoms with van der Waals surface area (Å²) in [5.74, 6) is 0.0931. The van der Waals surface area contributed by atoms with Crippen LogP contribution in [0.4, 0.5) is 0 Å². The number of hydrogen-bond donors (Lipinski definition) is 2. The molecule has 0 radical (unpaired) electrons. The van der Waals surface area contributed by atoms with Gasteiger partial charge in [-0.3, -0.25) is 4.79 Å². The number of rotatable bonds is 4. The maximum atomic E-state index is 11.2. The number of aliphatic hydroxyl groups is 1. The second-order valence-electron chi connectivity index (χ2n) is 3.59. The molecule has 0 fully saturated rings. The molecule has 0 heterocycles. The standard InChI is InChI=1S/C9H19NO2/c1-6(2)5-8(7(3)11)9(12)10-4/h6-8,11H,5H2,1-4H3,(H,10,12). The Morgan fingerprint density at radius 2 is 1.92 bits per heavy atom. The Kier molecular flexibility index (Phi) is 4.90. The maximum absolute atomic E-state index is 11.2. The van der Waals surface area contributed by atoms with E-state index in [0.717, 1.165) is 6.42 Å². The number of carbonyl (C=O) groups is 1. The average Bonchev–Trinajstić information content (AvgIpc) is 1.98. The summed E-state index contributed by atoms with van der Waals surface area (Å²) in [6.07, 6.45) is 0.171. The lowest BCUT2D eigenvalue weighted by atomic mass is 9.92. The normalized spacial score (nSPS) is 15.8. The molecule has 2 atom stereocenters. The number of carbonyl (C=O) groups excluding carboxylic acids is 1. The van der Waals surface area contributed by atoms with E-state index in [4.69, 9.17) is 0 Å². The lowest BCUT2D eigenvalue weighted by Crippen LogP contribution is -2.35. The van der Waals surface area contributed by atoms with Gasteiger partial charge >= 0.3 is 0 Å². The van der Waals surface area contributed by atoms with Crippen LogP contribution in [0.15, 0.2) is 0 Å². The largest absolute Gasteiger partial charge is 0.393 e. The molecule has 0 aromatic carbocycles. The minimum absolute atomic E-state index is 0.0706. The summed E-state index contributed by atoms with van der Waals surface area (Å²) in [6, 6.07) is 0. The third-order valence-corrected chi connectivity index (χ3v) is 1.89. The molecule has 12 heavy (non-hydrogen) atoms. The third-order valence-electron chi connectivity index (χ3n) is 1.89. The highest BCUT2D eigenvalue weighted by atomic mass is 16.3. The molecule has 0 saturated heterocycles. The molecule has 0 bridgehead atoms. The zero-order valence-electron chi connectivity index (χ0n) is 8.29. The Bertz CT molecular complexity index is 143. The Morgan fingerprint density at radius 1 is 1.42 bits per heavy atom. The molecule has 72 valence electrons. The molecule has 0 aliphatic heterocycles. The number of hydrogen-bond acceptors (Lipinski definition) is 2. The van der Waals surface area contributed by atoms with Crippen molar-refractivity contribution >= 4 is 5.91 Å². The van der Waals surface area contributed by atoms with Crippen LogP contribution in [0, 0.1) is 11.8 Å². The number of amides is 1. The van der Waals surface area contributed by atoms with Gasteiger partial charge in [-0.05, 0) is 19.3 Å². The van der Waals surface area contributed by atoms with Crippen LogP contribution < -0.4 is 5.32 Å². The van der Waals surface area contributed by atoms with Gasteiger partial charge in [-0.2, -0.15) is 0 Å². The second kappa shape index (κ2) is 5.14. The van der Waals surface area contributed by atoms with Crippen LogP contribution >= 0.6 is 0 Å². The first kappa shape index (κ1) is 11.4. The zero-order chi connectivity index (χ0) is 9.72. The molecule has 0 aromatic heterocycles. The van der Waals surface area contributed by atoms with Gasteiger partial charge in [0.25, 0.3) is 0 Å². The van der Waals surface area contributed by atoms with Gasteiger partial charge in [0.1, 0.15) is 0 Å². The molecule has 0 aliphatic carbocycles. The van der Waals surface area contributed by atoms with Gasteiger partial charge in [-0.15, -0.1) is 0 Å². The lowest BCUT2D eigenvalue weighted by molar-refractivity contribution is -0.128. The SMILES string of the molecule is CNC(=O)C(CC(C)C)C(C)O. The number of nitrogens with one attached hydrogen (secondary N) is 1. The Hall–Kier alpha value is -0.570. The van der Waals surface area contributed by atoms with Crippen LogP contribution in [0.5, 0.6) is 0 Å². The maximum Gasteiger partial charge on any atom is 0.225 e. The topological polar surface area (TPSA) is 49.3 Å². The van der Waals surface area contributed by atoms with Crippen molar-refractivity contribution < 1.29 is 9.90 Å². The zero-order valence-corrected chi connectivity index (χ0v) is 8.29. The fourth-order valence-corrected chi connectivity index (χ4v) is 1.22. The third kappa shape index (κ3) is 3.72. The predicted molar refractivity (Wildman–Crippen MR) is 48.7 cm³/mol. The Balaban J connectivity index is 4.13. The van der Waals surface area contributed by atoms with Crippen LogP contribution in [0.25, 0.3) is 0 Å².